The zero-order valence-corrected chi connectivity index (χ0v) is 10.2. The number of rotatable bonds is 2. The van der Waals surface area contributed by atoms with Crippen molar-refractivity contribution in [1.29, 1.82) is 0 Å². The van der Waals surface area contributed by atoms with Crippen molar-refractivity contribution >= 4 is 28.7 Å². The van der Waals surface area contributed by atoms with Gasteiger partial charge in [-0.05, 0) is 12.8 Å². The van der Waals surface area contributed by atoms with Crippen molar-refractivity contribution in [2.24, 2.45) is 0 Å². The maximum atomic E-state index is 11.9. The lowest BCUT2D eigenvalue weighted by Gasteiger charge is -2.23. The fraction of sp³-hybridized carbons (Fsp3) is 0.417. The molecule has 0 aromatic carbocycles. The Kier molecular flexibility index (Phi) is 3.78. The summed E-state index contributed by atoms with van der Waals surface area (Å²) in [5.41, 5.74) is 1.02. The van der Waals surface area contributed by atoms with E-state index in [2.05, 4.69) is 0 Å². The van der Waals surface area contributed by atoms with Crippen LogP contribution < -0.4 is 0 Å². The number of thioether (sulfide) groups is 1. The van der Waals surface area contributed by atoms with Gasteiger partial charge in [0.15, 0.2) is 0 Å². The third-order valence-corrected chi connectivity index (χ3v) is 3.56. The Morgan fingerprint density at radius 1 is 1.35 bits per heavy atom. The van der Waals surface area contributed by atoms with Crippen molar-refractivity contribution in [3.63, 3.8) is 0 Å². The summed E-state index contributed by atoms with van der Waals surface area (Å²) in [6, 6.07) is 0. The minimum Gasteiger partial charge on any atom is -0.276 e. The van der Waals surface area contributed by atoms with Crippen LogP contribution in [0.3, 0.4) is 0 Å². The molecular formula is C12H13NO3S. The van der Waals surface area contributed by atoms with Crippen LogP contribution in [0.4, 0.5) is 0 Å². The van der Waals surface area contributed by atoms with Gasteiger partial charge in [0.2, 0.25) is 5.91 Å². The standard InChI is InChI=1S/C12H13NO3S/c14-10(8-9-4-2-1-3-5-9)13-6-7-17-12(16)11(13)15/h1-2,5H,3-4,6-8H2. The van der Waals surface area contributed by atoms with Crippen LogP contribution in [0, 0.1) is 0 Å². The van der Waals surface area contributed by atoms with Gasteiger partial charge in [-0.2, -0.15) is 0 Å². The number of hydrogen-bond acceptors (Lipinski definition) is 4. The van der Waals surface area contributed by atoms with E-state index in [1.807, 2.05) is 18.2 Å². The Labute approximate surface area is 104 Å². The molecule has 5 heteroatoms. The van der Waals surface area contributed by atoms with E-state index in [1.54, 1.807) is 0 Å². The number of nitrogens with zero attached hydrogens (tertiary/aromatic N) is 1. The second kappa shape index (κ2) is 5.31. The molecule has 0 N–H and O–H groups in total. The Morgan fingerprint density at radius 3 is 2.88 bits per heavy atom. The minimum atomic E-state index is -0.668. The highest BCUT2D eigenvalue weighted by molar-refractivity contribution is 8.15. The second-order valence-electron chi connectivity index (χ2n) is 3.94. The number of carbonyl (C=O) groups excluding carboxylic acids is 3. The average Bonchev–Trinajstić information content (AvgIpc) is 2.34. The molecule has 2 rings (SSSR count). The van der Waals surface area contributed by atoms with Crippen molar-refractivity contribution < 1.29 is 14.4 Å². The summed E-state index contributed by atoms with van der Waals surface area (Å²) >= 11 is 0.985. The van der Waals surface area contributed by atoms with Gasteiger partial charge in [0.1, 0.15) is 0 Å². The Bertz CT molecular complexity index is 425. The van der Waals surface area contributed by atoms with Gasteiger partial charge in [-0.1, -0.05) is 35.6 Å². The van der Waals surface area contributed by atoms with Crippen LogP contribution in [0.1, 0.15) is 19.3 Å². The molecular weight excluding hydrogens is 238 g/mol. The smallest absolute Gasteiger partial charge is 0.276 e. The van der Waals surface area contributed by atoms with Crippen LogP contribution in [-0.2, 0) is 14.4 Å². The molecule has 0 spiro atoms. The normalized spacial score (nSPS) is 20.5. The van der Waals surface area contributed by atoms with E-state index in [9.17, 15) is 14.4 Å². The van der Waals surface area contributed by atoms with Crippen LogP contribution in [0.25, 0.3) is 0 Å². The van der Waals surface area contributed by atoms with Gasteiger partial charge in [-0.25, -0.2) is 0 Å². The zero-order chi connectivity index (χ0) is 12.3. The molecule has 2 aliphatic rings. The quantitative estimate of drug-likeness (QED) is 0.548. The zero-order valence-electron chi connectivity index (χ0n) is 9.35. The number of imide groups is 1. The van der Waals surface area contributed by atoms with Crippen molar-refractivity contribution in [2.45, 2.75) is 19.3 Å². The molecule has 1 fully saturated rings. The predicted octanol–water partition coefficient (Wildman–Crippen LogP) is 1.28. The van der Waals surface area contributed by atoms with E-state index in [4.69, 9.17) is 0 Å². The summed E-state index contributed by atoms with van der Waals surface area (Å²) < 4.78 is 0. The van der Waals surface area contributed by atoms with E-state index >= 15 is 0 Å². The van der Waals surface area contributed by atoms with Crippen molar-refractivity contribution in [1.82, 2.24) is 4.90 Å². The van der Waals surface area contributed by atoms with Gasteiger partial charge in [0.05, 0.1) is 0 Å². The highest BCUT2D eigenvalue weighted by Gasteiger charge is 2.31. The molecule has 17 heavy (non-hydrogen) atoms. The van der Waals surface area contributed by atoms with Crippen molar-refractivity contribution in [3.8, 4) is 0 Å². The molecule has 90 valence electrons. The average molecular weight is 251 g/mol. The summed E-state index contributed by atoms with van der Waals surface area (Å²) in [5.74, 6) is -0.418. The minimum absolute atomic E-state index is 0.244. The molecule has 0 aromatic heterocycles. The summed E-state index contributed by atoms with van der Waals surface area (Å²) in [6.45, 7) is 0.344. The number of allylic oxidation sites excluding steroid dienone is 3. The molecule has 2 amide bonds. The Morgan fingerprint density at radius 2 is 2.18 bits per heavy atom. The molecule has 0 aromatic rings. The molecule has 0 atom stereocenters. The fourth-order valence-corrected chi connectivity index (χ4v) is 2.52. The highest BCUT2D eigenvalue weighted by Crippen LogP contribution is 2.19. The predicted molar refractivity (Wildman–Crippen MR) is 65.3 cm³/mol. The first-order valence-corrected chi connectivity index (χ1v) is 6.51. The van der Waals surface area contributed by atoms with Gasteiger partial charge < -0.3 is 0 Å². The molecule has 0 radical (unpaired) electrons. The first-order chi connectivity index (χ1) is 8.18. The summed E-state index contributed by atoms with van der Waals surface area (Å²) in [6.07, 6.45) is 7.90. The summed E-state index contributed by atoms with van der Waals surface area (Å²) in [7, 11) is 0. The fourth-order valence-electron chi connectivity index (χ4n) is 1.82. The van der Waals surface area contributed by atoms with E-state index in [1.165, 1.54) is 0 Å². The van der Waals surface area contributed by atoms with Crippen molar-refractivity contribution in [2.75, 3.05) is 12.3 Å². The van der Waals surface area contributed by atoms with Crippen LogP contribution in [0.2, 0.25) is 0 Å². The third-order valence-electron chi connectivity index (χ3n) is 2.74. The lowest BCUT2D eigenvalue weighted by Crippen LogP contribution is -2.45. The monoisotopic (exact) mass is 251 g/mol. The van der Waals surface area contributed by atoms with Crippen molar-refractivity contribution in [3.05, 3.63) is 23.8 Å². The van der Waals surface area contributed by atoms with E-state index in [0.717, 1.165) is 35.1 Å². The van der Waals surface area contributed by atoms with Gasteiger partial charge in [0, 0.05) is 18.7 Å². The first-order valence-electron chi connectivity index (χ1n) is 5.53. The summed E-state index contributed by atoms with van der Waals surface area (Å²) in [5, 5.41) is -0.526. The molecule has 0 unspecified atom stereocenters. The van der Waals surface area contributed by atoms with Gasteiger partial charge in [0.25, 0.3) is 5.12 Å². The molecule has 1 aliphatic heterocycles. The van der Waals surface area contributed by atoms with Gasteiger partial charge in [-0.3, -0.25) is 19.3 Å². The van der Waals surface area contributed by atoms with Crippen LogP contribution in [0.15, 0.2) is 23.8 Å². The topological polar surface area (TPSA) is 54.5 Å². The number of amides is 2. The lowest BCUT2D eigenvalue weighted by atomic mass is 10.0. The maximum Gasteiger partial charge on any atom is 0.307 e. The molecule has 0 bridgehead atoms. The van der Waals surface area contributed by atoms with Crippen LogP contribution >= 0.6 is 11.8 Å². The maximum absolute atomic E-state index is 11.9. The molecule has 1 aliphatic carbocycles. The van der Waals surface area contributed by atoms with Gasteiger partial charge in [-0.15, -0.1) is 0 Å². The molecule has 0 saturated carbocycles. The molecule has 1 saturated heterocycles. The number of carbonyl (C=O) groups is 3. The van der Waals surface area contributed by atoms with Crippen LogP contribution in [0.5, 0.6) is 0 Å². The summed E-state index contributed by atoms with van der Waals surface area (Å²) in [4.78, 5) is 35.7. The second-order valence-corrected chi connectivity index (χ2v) is 5.00. The Hall–Kier alpha value is -1.36. The largest absolute Gasteiger partial charge is 0.307 e. The molecule has 1 heterocycles. The Balaban J connectivity index is 1.97. The first kappa shape index (κ1) is 12.1. The third kappa shape index (κ3) is 2.85. The number of hydrogen-bond donors (Lipinski definition) is 0. The highest BCUT2D eigenvalue weighted by atomic mass is 32.2. The molecule has 4 nitrogen and oxygen atoms in total. The van der Waals surface area contributed by atoms with E-state index in [0.29, 0.717) is 12.3 Å². The SMILES string of the molecule is O=C1SCCN(C(=O)CC2=CCC=CC2)C1=O. The lowest BCUT2D eigenvalue weighted by molar-refractivity contribution is -0.149. The van der Waals surface area contributed by atoms with Crippen LogP contribution in [-0.4, -0.2) is 34.1 Å². The van der Waals surface area contributed by atoms with E-state index in [-0.39, 0.29) is 12.3 Å². The van der Waals surface area contributed by atoms with Gasteiger partial charge >= 0.3 is 5.91 Å². The van der Waals surface area contributed by atoms with E-state index < -0.39 is 11.0 Å².